The van der Waals surface area contributed by atoms with E-state index in [4.69, 9.17) is 0 Å². The molecule has 0 atom stereocenters. The first-order chi connectivity index (χ1) is 5.31. The highest BCUT2D eigenvalue weighted by molar-refractivity contribution is 5.80. The summed E-state index contributed by atoms with van der Waals surface area (Å²) >= 11 is 0. The van der Waals surface area contributed by atoms with Crippen LogP contribution in [0.15, 0.2) is 0 Å². The fourth-order valence-electron chi connectivity index (χ4n) is 1.03. The third kappa shape index (κ3) is 7.53. The van der Waals surface area contributed by atoms with Gasteiger partial charge in [0, 0.05) is 6.42 Å². The van der Waals surface area contributed by atoms with E-state index in [0.717, 1.165) is 12.8 Å². The normalized spacial score (nSPS) is 10.0. The molecule has 0 unspecified atom stereocenters. The summed E-state index contributed by atoms with van der Waals surface area (Å²) in [4.78, 5) is 10.9. The van der Waals surface area contributed by atoms with Crippen LogP contribution in [0.5, 0.6) is 0 Å². The number of ketones is 1. The van der Waals surface area contributed by atoms with Crippen molar-refractivity contribution in [3.8, 4) is 0 Å². The first-order valence-electron chi connectivity index (χ1n) is 4.47. The van der Waals surface area contributed by atoms with E-state index >= 15 is 0 Å². The Balaban J connectivity index is 3.04. The van der Waals surface area contributed by atoms with E-state index in [1.165, 1.54) is 19.3 Å². The third-order valence-electron chi connectivity index (χ3n) is 1.68. The Kier molecular flexibility index (Phi) is 7.47. The van der Waals surface area contributed by atoms with Gasteiger partial charge in [0.1, 0.15) is 5.78 Å². The lowest BCUT2D eigenvalue weighted by atomic mass is 10.1. The van der Waals surface area contributed by atoms with Crippen molar-refractivity contribution in [2.45, 2.75) is 39.0 Å². The topological polar surface area (TPSA) is 29.1 Å². The van der Waals surface area contributed by atoms with Gasteiger partial charge in [-0.15, -0.1) is 0 Å². The van der Waals surface area contributed by atoms with Gasteiger partial charge in [-0.3, -0.25) is 4.79 Å². The van der Waals surface area contributed by atoms with Crippen LogP contribution >= 0.6 is 0 Å². The minimum atomic E-state index is 0.337. The maximum Gasteiger partial charge on any atom is 0.146 e. The van der Waals surface area contributed by atoms with Crippen molar-refractivity contribution in [3.63, 3.8) is 0 Å². The second-order valence-electron chi connectivity index (χ2n) is 2.88. The van der Waals surface area contributed by atoms with Crippen LogP contribution in [-0.2, 0) is 4.79 Å². The number of hydrogen-bond acceptors (Lipinski definition) is 2. The van der Waals surface area contributed by atoms with Crippen LogP contribution in [0.4, 0.5) is 0 Å². The Morgan fingerprint density at radius 1 is 1.27 bits per heavy atom. The van der Waals surface area contributed by atoms with Crippen molar-refractivity contribution in [1.82, 2.24) is 5.32 Å². The minimum Gasteiger partial charge on any atom is -0.313 e. The molecule has 0 amide bonds. The molecule has 0 radical (unpaired) electrons. The van der Waals surface area contributed by atoms with Crippen LogP contribution in [0.1, 0.15) is 39.0 Å². The first kappa shape index (κ1) is 10.6. The largest absolute Gasteiger partial charge is 0.313 e. The van der Waals surface area contributed by atoms with E-state index < -0.39 is 0 Å². The molecule has 0 aromatic carbocycles. The third-order valence-corrected chi connectivity index (χ3v) is 1.68. The predicted octanol–water partition coefficient (Wildman–Crippen LogP) is 1.75. The van der Waals surface area contributed by atoms with Crippen LogP contribution in [0.25, 0.3) is 0 Å². The van der Waals surface area contributed by atoms with Crippen molar-refractivity contribution in [2.75, 3.05) is 13.6 Å². The molecule has 0 saturated carbocycles. The van der Waals surface area contributed by atoms with Crippen molar-refractivity contribution in [2.24, 2.45) is 0 Å². The lowest BCUT2D eigenvalue weighted by Gasteiger charge is -1.98. The summed E-state index contributed by atoms with van der Waals surface area (Å²) in [7, 11) is 1.81. The van der Waals surface area contributed by atoms with E-state index in [1.54, 1.807) is 0 Å². The van der Waals surface area contributed by atoms with Gasteiger partial charge < -0.3 is 5.32 Å². The summed E-state index contributed by atoms with van der Waals surface area (Å²) in [5, 5.41) is 2.86. The van der Waals surface area contributed by atoms with Crippen molar-refractivity contribution < 1.29 is 4.79 Å². The fourth-order valence-corrected chi connectivity index (χ4v) is 1.03. The second kappa shape index (κ2) is 7.73. The number of Topliss-reactive ketones (excluding diaryl/α,β-unsaturated/α-hetero) is 1. The van der Waals surface area contributed by atoms with Crippen LogP contribution in [0.2, 0.25) is 0 Å². The monoisotopic (exact) mass is 157 g/mol. The Morgan fingerprint density at radius 2 is 2.00 bits per heavy atom. The van der Waals surface area contributed by atoms with E-state index in [9.17, 15) is 4.79 Å². The molecule has 0 spiro atoms. The maximum atomic E-state index is 10.9. The Labute approximate surface area is 69.4 Å². The van der Waals surface area contributed by atoms with Crippen molar-refractivity contribution in [1.29, 1.82) is 0 Å². The molecule has 1 N–H and O–H groups in total. The molecule has 0 fully saturated rings. The summed E-state index contributed by atoms with van der Waals surface area (Å²) < 4.78 is 0. The molecule has 2 nitrogen and oxygen atoms in total. The van der Waals surface area contributed by atoms with Gasteiger partial charge in [0.05, 0.1) is 6.54 Å². The molecule has 0 bridgehead atoms. The summed E-state index contributed by atoms with van der Waals surface area (Å²) in [6.45, 7) is 2.71. The summed E-state index contributed by atoms with van der Waals surface area (Å²) in [5.41, 5.74) is 0. The lowest BCUT2D eigenvalue weighted by molar-refractivity contribution is -0.118. The first-order valence-corrected chi connectivity index (χ1v) is 4.47. The van der Waals surface area contributed by atoms with E-state index in [-0.39, 0.29) is 0 Å². The van der Waals surface area contributed by atoms with Crippen molar-refractivity contribution in [3.05, 3.63) is 0 Å². The highest BCUT2D eigenvalue weighted by Crippen LogP contribution is 2.02. The highest BCUT2D eigenvalue weighted by atomic mass is 16.1. The summed E-state index contributed by atoms with van der Waals surface area (Å²) in [6, 6.07) is 0. The number of rotatable bonds is 7. The molecule has 0 heterocycles. The zero-order chi connectivity index (χ0) is 8.53. The number of unbranched alkanes of at least 4 members (excludes halogenated alkanes) is 3. The average Bonchev–Trinajstić information content (AvgIpc) is 1.99. The van der Waals surface area contributed by atoms with Crippen LogP contribution in [-0.4, -0.2) is 19.4 Å². The number of likely N-dealkylation sites (N-methyl/N-ethyl adjacent to an activating group) is 1. The zero-order valence-corrected chi connectivity index (χ0v) is 7.65. The predicted molar refractivity (Wildman–Crippen MR) is 47.7 cm³/mol. The molecule has 0 aromatic heterocycles. The van der Waals surface area contributed by atoms with Gasteiger partial charge >= 0.3 is 0 Å². The number of nitrogens with one attached hydrogen (secondary N) is 1. The van der Waals surface area contributed by atoms with Gasteiger partial charge in [-0.05, 0) is 13.5 Å². The quantitative estimate of drug-likeness (QED) is 0.570. The van der Waals surface area contributed by atoms with Gasteiger partial charge in [0.2, 0.25) is 0 Å². The number of carbonyl (C=O) groups is 1. The molecule has 0 aromatic rings. The van der Waals surface area contributed by atoms with Crippen LogP contribution in [0.3, 0.4) is 0 Å². The summed E-state index contributed by atoms with van der Waals surface area (Å²) in [5.74, 6) is 0.337. The number of carbonyl (C=O) groups excluding carboxylic acids is 1. The van der Waals surface area contributed by atoms with Gasteiger partial charge in [0.25, 0.3) is 0 Å². The summed E-state index contributed by atoms with van der Waals surface area (Å²) in [6.07, 6.45) is 5.51. The smallest absolute Gasteiger partial charge is 0.146 e. The Bertz CT molecular complexity index is 102. The minimum absolute atomic E-state index is 0.337. The molecule has 2 heteroatoms. The molecule has 0 aliphatic carbocycles. The zero-order valence-electron chi connectivity index (χ0n) is 7.65. The Morgan fingerprint density at radius 3 is 2.55 bits per heavy atom. The molecular formula is C9H19NO. The van der Waals surface area contributed by atoms with Crippen LogP contribution in [0, 0.1) is 0 Å². The number of hydrogen-bond donors (Lipinski definition) is 1. The molecule has 0 saturated heterocycles. The molecule has 66 valence electrons. The highest BCUT2D eigenvalue weighted by Gasteiger charge is 1.98. The van der Waals surface area contributed by atoms with E-state index in [1.807, 2.05) is 7.05 Å². The van der Waals surface area contributed by atoms with Gasteiger partial charge in [-0.1, -0.05) is 26.2 Å². The molecular weight excluding hydrogens is 138 g/mol. The molecule has 11 heavy (non-hydrogen) atoms. The fraction of sp³-hybridized carbons (Fsp3) is 0.889. The Hall–Kier alpha value is -0.370. The maximum absolute atomic E-state index is 10.9. The lowest BCUT2D eigenvalue weighted by Crippen LogP contribution is -2.17. The average molecular weight is 157 g/mol. The van der Waals surface area contributed by atoms with Crippen LogP contribution < -0.4 is 5.32 Å². The molecule has 0 aliphatic heterocycles. The van der Waals surface area contributed by atoms with E-state index in [0.29, 0.717) is 12.3 Å². The van der Waals surface area contributed by atoms with Gasteiger partial charge in [0.15, 0.2) is 0 Å². The molecule has 0 rings (SSSR count). The van der Waals surface area contributed by atoms with Gasteiger partial charge in [-0.25, -0.2) is 0 Å². The SMILES string of the molecule is CCCCCCC(=O)CNC. The standard InChI is InChI=1S/C9H19NO/c1-3-4-5-6-7-9(11)8-10-2/h10H,3-8H2,1-2H3. The molecule has 0 aliphatic rings. The van der Waals surface area contributed by atoms with Gasteiger partial charge in [-0.2, -0.15) is 0 Å². The second-order valence-corrected chi connectivity index (χ2v) is 2.88. The van der Waals surface area contributed by atoms with Crippen molar-refractivity contribution >= 4 is 5.78 Å². The van der Waals surface area contributed by atoms with E-state index in [2.05, 4.69) is 12.2 Å².